The van der Waals surface area contributed by atoms with Crippen molar-refractivity contribution < 1.29 is 13.6 Å². The van der Waals surface area contributed by atoms with E-state index in [9.17, 15) is 13.6 Å². The molecule has 0 bridgehead atoms. The summed E-state index contributed by atoms with van der Waals surface area (Å²) in [4.78, 5) is 13.0. The fourth-order valence-electron chi connectivity index (χ4n) is 2.01. The van der Waals surface area contributed by atoms with Gasteiger partial charge in [0.15, 0.2) is 0 Å². The lowest BCUT2D eigenvalue weighted by Gasteiger charge is -2.05. The third-order valence-corrected chi connectivity index (χ3v) is 3.09. The van der Waals surface area contributed by atoms with Crippen LogP contribution in [0.5, 0.6) is 0 Å². The molecule has 1 heterocycles. The van der Waals surface area contributed by atoms with Crippen LogP contribution in [0.15, 0.2) is 42.5 Å². The summed E-state index contributed by atoms with van der Waals surface area (Å²) in [5, 5.41) is 14.0. The first-order valence-corrected chi connectivity index (χ1v) is 6.90. The van der Waals surface area contributed by atoms with Gasteiger partial charge in [0.05, 0.1) is 5.69 Å². The van der Waals surface area contributed by atoms with E-state index >= 15 is 0 Å². The number of nitrogen functional groups attached to an aromatic ring is 1. The van der Waals surface area contributed by atoms with Crippen molar-refractivity contribution >= 4 is 17.3 Å². The zero-order valence-corrected chi connectivity index (χ0v) is 12.3. The number of nitrogens with one attached hydrogen (secondary N) is 1. The number of hydrogen-bond donors (Lipinski definition) is 2. The molecule has 0 spiro atoms. The molecule has 2 aromatic carbocycles. The highest BCUT2D eigenvalue weighted by Gasteiger charge is 2.12. The Kier molecular flexibility index (Phi) is 4.15. The molecule has 122 valence electrons. The van der Waals surface area contributed by atoms with Gasteiger partial charge in [-0.2, -0.15) is 4.80 Å². The van der Waals surface area contributed by atoms with Crippen molar-refractivity contribution in [2.75, 3.05) is 11.1 Å². The predicted molar refractivity (Wildman–Crippen MR) is 82.7 cm³/mol. The summed E-state index contributed by atoms with van der Waals surface area (Å²) in [6, 6.07) is 9.76. The molecule has 3 aromatic rings. The first kappa shape index (κ1) is 15.5. The fourth-order valence-corrected chi connectivity index (χ4v) is 2.01. The molecule has 0 radical (unpaired) electrons. The first-order chi connectivity index (χ1) is 11.5. The summed E-state index contributed by atoms with van der Waals surface area (Å²) in [6.07, 6.45) is 0. The van der Waals surface area contributed by atoms with Crippen molar-refractivity contribution in [2.45, 2.75) is 6.54 Å². The van der Waals surface area contributed by atoms with Gasteiger partial charge >= 0.3 is 0 Å². The third kappa shape index (κ3) is 3.51. The van der Waals surface area contributed by atoms with Crippen molar-refractivity contribution in [1.82, 2.24) is 20.2 Å². The summed E-state index contributed by atoms with van der Waals surface area (Å²) >= 11 is 0. The zero-order valence-electron chi connectivity index (χ0n) is 12.3. The maximum Gasteiger partial charge on any atom is 0.248 e. The Morgan fingerprint density at radius 2 is 2.04 bits per heavy atom. The number of tetrazole rings is 1. The van der Waals surface area contributed by atoms with Gasteiger partial charge in [-0.25, -0.2) is 8.78 Å². The normalized spacial score (nSPS) is 10.6. The van der Waals surface area contributed by atoms with Crippen LogP contribution in [-0.4, -0.2) is 26.1 Å². The van der Waals surface area contributed by atoms with Crippen molar-refractivity contribution in [3.8, 4) is 11.4 Å². The summed E-state index contributed by atoms with van der Waals surface area (Å²) in [6.45, 7) is -0.272. The molecule has 24 heavy (non-hydrogen) atoms. The number of amides is 1. The lowest BCUT2D eigenvalue weighted by Crippen LogP contribution is -2.21. The number of anilines is 2. The molecule has 0 saturated carbocycles. The smallest absolute Gasteiger partial charge is 0.248 e. The molecule has 0 fully saturated rings. The van der Waals surface area contributed by atoms with Crippen LogP contribution < -0.4 is 11.1 Å². The average molecular weight is 330 g/mol. The van der Waals surface area contributed by atoms with E-state index in [2.05, 4.69) is 20.7 Å². The Balaban J connectivity index is 1.69. The molecule has 9 heteroatoms. The van der Waals surface area contributed by atoms with E-state index < -0.39 is 17.5 Å². The Morgan fingerprint density at radius 3 is 2.79 bits per heavy atom. The number of carbonyl (C=O) groups excluding carboxylic acids is 1. The van der Waals surface area contributed by atoms with Crippen molar-refractivity contribution in [3.63, 3.8) is 0 Å². The Morgan fingerprint density at radius 1 is 1.21 bits per heavy atom. The van der Waals surface area contributed by atoms with Crippen LogP contribution in [-0.2, 0) is 11.3 Å². The molecular formula is C15H12F2N6O. The van der Waals surface area contributed by atoms with Gasteiger partial charge < -0.3 is 11.1 Å². The Bertz CT molecular complexity index is 895. The highest BCUT2D eigenvalue weighted by molar-refractivity contribution is 5.90. The summed E-state index contributed by atoms with van der Waals surface area (Å²) in [5.74, 6) is -1.86. The van der Waals surface area contributed by atoms with Crippen LogP contribution >= 0.6 is 0 Å². The summed E-state index contributed by atoms with van der Waals surface area (Å²) in [7, 11) is 0. The quantitative estimate of drug-likeness (QED) is 0.711. The molecule has 0 aliphatic heterocycles. The van der Waals surface area contributed by atoms with Gasteiger partial charge in [-0.05, 0) is 29.5 Å². The topological polar surface area (TPSA) is 98.7 Å². The molecule has 1 amide bonds. The van der Waals surface area contributed by atoms with Gasteiger partial charge in [0, 0.05) is 17.3 Å². The second-order valence-corrected chi connectivity index (χ2v) is 4.94. The van der Waals surface area contributed by atoms with Crippen molar-refractivity contribution in [2.24, 2.45) is 0 Å². The number of hydrogen-bond acceptors (Lipinski definition) is 5. The van der Waals surface area contributed by atoms with E-state index in [0.29, 0.717) is 23.1 Å². The molecule has 3 N–H and O–H groups in total. The van der Waals surface area contributed by atoms with Crippen LogP contribution in [0.2, 0.25) is 0 Å². The largest absolute Gasteiger partial charge is 0.399 e. The lowest BCUT2D eigenvalue weighted by molar-refractivity contribution is -0.117. The minimum absolute atomic E-state index is 0.127. The predicted octanol–water partition coefficient (Wildman–Crippen LogP) is 1.84. The molecule has 3 rings (SSSR count). The van der Waals surface area contributed by atoms with Gasteiger partial charge in [0.2, 0.25) is 11.7 Å². The Hall–Kier alpha value is -3.36. The monoisotopic (exact) mass is 330 g/mol. The standard InChI is InChI=1S/C15H12F2N6O/c16-10-4-5-13(12(17)7-10)19-14(24)8-23-21-15(20-22-23)9-2-1-3-11(18)6-9/h1-7H,8,18H2,(H,19,24). The maximum atomic E-state index is 13.5. The van der Waals surface area contributed by atoms with E-state index in [0.717, 1.165) is 16.9 Å². The number of benzene rings is 2. The van der Waals surface area contributed by atoms with E-state index in [-0.39, 0.29) is 12.2 Å². The molecule has 0 unspecified atom stereocenters. The minimum atomic E-state index is -0.865. The van der Waals surface area contributed by atoms with E-state index in [4.69, 9.17) is 5.73 Å². The lowest BCUT2D eigenvalue weighted by atomic mass is 10.2. The molecule has 7 nitrogen and oxygen atoms in total. The van der Waals surface area contributed by atoms with E-state index in [1.807, 2.05) is 0 Å². The molecule has 0 atom stereocenters. The highest BCUT2D eigenvalue weighted by atomic mass is 19.1. The zero-order chi connectivity index (χ0) is 17.1. The van der Waals surface area contributed by atoms with E-state index in [1.165, 1.54) is 0 Å². The second-order valence-electron chi connectivity index (χ2n) is 4.94. The van der Waals surface area contributed by atoms with Crippen LogP contribution in [0.4, 0.5) is 20.2 Å². The van der Waals surface area contributed by atoms with Gasteiger partial charge in [-0.1, -0.05) is 12.1 Å². The van der Waals surface area contributed by atoms with Gasteiger partial charge in [0.1, 0.15) is 18.2 Å². The van der Waals surface area contributed by atoms with E-state index in [1.54, 1.807) is 24.3 Å². The van der Waals surface area contributed by atoms with Gasteiger partial charge in [-0.15, -0.1) is 10.2 Å². The molecule has 0 saturated heterocycles. The number of rotatable bonds is 4. The molecule has 1 aromatic heterocycles. The van der Waals surface area contributed by atoms with Crippen molar-refractivity contribution in [1.29, 1.82) is 0 Å². The fraction of sp³-hybridized carbons (Fsp3) is 0.0667. The number of nitrogens with zero attached hydrogens (tertiary/aromatic N) is 4. The SMILES string of the molecule is Nc1cccc(-c2nnn(CC(=O)Nc3ccc(F)cc3F)n2)c1. The van der Waals surface area contributed by atoms with Crippen LogP contribution in [0, 0.1) is 11.6 Å². The number of carbonyl (C=O) groups is 1. The third-order valence-electron chi connectivity index (χ3n) is 3.09. The first-order valence-electron chi connectivity index (χ1n) is 6.90. The number of aromatic nitrogens is 4. The van der Waals surface area contributed by atoms with Crippen molar-refractivity contribution in [3.05, 3.63) is 54.1 Å². The average Bonchev–Trinajstić information content (AvgIpc) is 2.98. The molecule has 0 aliphatic carbocycles. The second kappa shape index (κ2) is 6.41. The van der Waals surface area contributed by atoms with Crippen LogP contribution in [0.3, 0.4) is 0 Å². The number of halogens is 2. The Labute approximate surface area is 135 Å². The van der Waals surface area contributed by atoms with Gasteiger partial charge in [0.25, 0.3) is 0 Å². The molecule has 0 aliphatic rings. The summed E-state index contributed by atoms with van der Waals surface area (Å²) in [5.41, 5.74) is 6.77. The van der Waals surface area contributed by atoms with Crippen LogP contribution in [0.25, 0.3) is 11.4 Å². The highest BCUT2D eigenvalue weighted by Crippen LogP contribution is 2.17. The maximum absolute atomic E-state index is 13.5. The van der Waals surface area contributed by atoms with Gasteiger partial charge in [-0.3, -0.25) is 4.79 Å². The van der Waals surface area contributed by atoms with Crippen LogP contribution in [0.1, 0.15) is 0 Å². The summed E-state index contributed by atoms with van der Waals surface area (Å²) < 4.78 is 26.3. The number of nitrogens with two attached hydrogens (primary N) is 1. The minimum Gasteiger partial charge on any atom is -0.399 e. The molecular weight excluding hydrogens is 318 g/mol.